The maximum atomic E-state index is 13.6. The van der Waals surface area contributed by atoms with Crippen molar-refractivity contribution in [3.8, 4) is 0 Å². The summed E-state index contributed by atoms with van der Waals surface area (Å²) < 4.78 is 27.2. The Labute approximate surface area is 162 Å². The molecule has 2 aromatic carbocycles. The quantitative estimate of drug-likeness (QED) is 0.762. The maximum absolute atomic E-state index is 13.6. The Hall–Kier alpha value is -2.18. The third-order valence-electron chi connectivity index (χ3n) is 4.69. The van der Waals surface area contributed by atoms with E-state index >= 15 is 0 Å². The Morgan fingerprint density at radius 2 is 1.63 bits per heavy atom. The molecule has 1 aliphatic rings. The van der Waals surface area contributed by atoms with Gasteiger partial charge in [-0.2, -0.15) is 0 Å². The average molecular weight is 394 g/mol. The SMILES string of the molecule is O=C(NCCCN1CCN(c2ccc(Cl)cc2)CC1)c1c(F)cccc1F. The molecule has 4 nitrogen and oxygen atoms in total. The minimum absolute atomic E-state index is 0.379. The van der Waals surface area contributed by atoms with Gasteiger partial charge in [0.1, 0.15) is 17.2 Å². The molecule has 1 heterocycles. The van der Waals surface area contributed by atoms with Crippen LogP contribution in [0.4, 0.5) is 14.5 Å². The van der Waals surface area contributed by atoms with Gasteiger partial charge >= 0.3 is 0 Å². The monoisotopic (exact) mass is 393 g/mol. The van der Waals surface area contributed by atoms with Crippen LogP contribution in [0.15, 0.2) is 42.5 Å². The Kier molecular flexibility index (Phi) is 6.63. The number of benzene rings is 2. The molecule has 1 saturated heterocycles. The number of hydrogen-bond acceptors (Lipinski definition) is 3. The fourth-order valence-electron chi connectivity index (χ4n) is 3.19. The smallest absolute Gasteiger partial charge is 0.257 e. The molecule has 0 aliphatic carbocycles. The lowest BCUT2D eigenvalue weighted by Crippen LogP contribution is -2.47. The standard InChI is InChI=1S/C20H22ClF2N3O/c21-15-5-7-16(8-6-15)26-13-11-25(12-14-26)10-2-9-24-20(27)19-17(22)3-1-4-18(19)23/h1,3-8H,2,9-14H2,(H,24,27). The lowest BCUT2D eigenvalue weighted by molar-refractivity contribution is 0.0943. The van der Waals surface area contributed by atoms with Crippen LogP contribution in [0, 0.1) is 11.6 Å². The highest BCUT2D eigenvalue weighted by atomic mass is 35.5. The highest BCUT2D eigenvalue weighted by Gasteiger charge is 2.18. The molecule has 144 valence electrons. The number of halogens is 3. The molecule has 0 spiro atoms. The van der Waals surface area contributed by atoms with Crippen LogP contribution in [-0.4, -0.2) is 50.1 Å². The van der Waals surface area contributed by atoms with Gasteiger partial charge in [0, 0.05) is 43.4 Å². The summed E-state index contributed by atoms with van der Waals surface area (Å²) in [5, 5.41) is 3.32. The number of carbonyl (C=O) groups is 1. The van der Waals surface area contributed by atoms with Crippen molar-refractivity contribution in [3.63, 3.8) is 0 Å². The normalized spacial score (nSPS) is 15.0. The van der Waals surface area contributed by atoms with Crippen LogP contribution in [-0.2, 0) is 0 Å². The number of carbonyl (C=O) groups excluding carboxylic acids is 1. The van der Waals surface area contributed by atoms with Crippen LogP contribution < -0.4 is 10.2 Å². The number of nitrogens with zero attached hydrogens (tertiary/aromatic N) is 2. The van der Waals surface area contributed by atoms with Gasteiger partial charge in [0.15, 0.2) is 0 Å². The summed E-state index contributed by atoms with van der Waals surface area (Å²) in [5.41, 5.74) is 0.646. The highest BCUT2D eigenvalue weighted by molar-refractivity contribution is 6.30. The zero-order chi connectivity index (χ0) is 19.2. The van der Waals surface area contributed by atoms with Gasteiger partial charge < -0.3 is 10.2 Å². The van der Waals surface area contributed by atoms with Crippen molar-refractivity contribution in [2.24, 2.45) is 0 Å². The minimum atomic E-state index is -0.842. The summed E-state index contributed by atoms with van der Waals surface area (Å²) in [6, 6.07) is 11.2. The zero-order valence-electron chi connectivity index (χ0n) is 14.9. The van der Waals surface area contributed by atoms with Gasteiger partial charge in [-0.3, -0.25) is 9.69 Å². The largest absolute Gasteiger partial charge is 0.369 e. The van der Waals surface area contributed by atoms with Crippen molar-refractivity contribution in [1.82, 2.24) is 10.2 Å². The first-order valence-corrected chi connectivity index (χ1v) is 9.37. The Balaban J connectivity index is 1.38. The third kappa shape index (κ3) is 5.17. The molecular formula is C20H22ClF2N3O. The van der Waals surface area contributed by atoms with Crippen LogP contribution in [0.2, 0.25) is 5.02 Å². The van der Waals surface area contributed by atoms with Crippen LogP contribution in [0.5, 0.6) is 0 Å². The second-order valence-electron chi connectivity index (χ2n) is 6.51. The molecule has 1 aliphatic heterocycles. The van der Waals surface area contributed by atoms with Gasteiger partial charge in [-0.25, -0.2) is 8.78 Å². The summed E-state index contributed by atoms with van der Waals surface area (Å²) in [5.74, 6) is -2.39. The number of rotatable bonds is 6. The van der Waals surface area contributed by atoms with Crippen molar-refractivity contribution < 1.29 is 13.6 Å². The van der Waals surface area contributed by atoms with E-state index in [0.29, 0.717) is 6.54 Å². The van der Waals surface area contributed by atoms with E-state index in [-0.39, 0.29) is 0 Å². The van der Waals surface area contributed by atoms with Crippen LogP contribution in [0.3, 0.4) is 0 Å². The van der Waals surface area contributed by atoms with Crippen LogP contribution >= 0.6 is 11.6 Å². The molecular weight excluding hydrogens is 372 g/mol. The van der Waals surface area contributed by atoms with E-state index in [9.17, 15) is 13.6 Å². The fourth-order valence-corrected chi connectivity index (χ4v) is 3.32. The molecule has 7 heteroatoms. The summed E-state index contributed by atoms with van der Waals surface area (Å²) in [6.07, 6.45) is 0.725. The number of hydrogen-bond donors (Lipinski definition) is 1. The van der Waals surface area contributed by atoms with Crippen molar-refractivity contribution in [2.75, 3.05) is 44.2 Å². The number of nitrogens with one attached hydrogen (secondary N) is 1. The molecule has 1 fully saturated rings. The van der Waals surface area contributed by atoms with E-state index in [2.05, 4.69) is 15.1 Å². The summed E-state index contributed by atoms with van der Waals surface area (Å²) in [4.78, 5) is 16.6. The van der Waals surface area contributed by atoms with Crippen LogP contribution in [0.25, 0.3) is 0 Å². The second kappa shape index (κ2) is 9.15. The lowest BCUT2D eigenvalue weighted by Gasteiger charge is -2.36. The van der Waals surface area contributed by atoms with Gasteiger partial charge in [-0.05, 0) is 49.4 Å². The first-order valence-electron chi connectivity index (χ1n) is 8.99. The molecule has 0 unspecified atom stereocenters. The first-order chi connectivity index (χ1) is 13.0. The van der Waals surface area contributed by atoms with E-state index in [1.807, 2.05) is 24.3 Å². The van der Waals surface area contributed by atoms with Gasteiger partial charge in [-0.1, -0.05) is 17.7 Å². The van der Waals surface area contributed by atoms with E-state index in [0.717, 1.165) is 56.3 Å². The number of piperazine rings is 1. The Bertz CT molecular complexity index is 757. The topological polar surface area (TPSA) is 35.6 Å². The minimum Gasteiger partial charge on any atom is -0.369 e. The van der Waals surface area contributed by atoms with Crippen molar-refractivity contribution in [3.05, 3.63) is 64.7 Å². The molecule has 0 bridgehead atoms. The van der Waals surface area contributed by atoms with E-state index < -0.39 is 23.1 Å². The third-order valence-corrected chi connectivity index (χ3v) is 4.94. The number of amides is 1. The van der Waals surface area contributed by atoms with Crippen molar-refractivity contribution in [1.29, 1.82) is 0 Å². The van der Waals surface area contributed by atoms with Crippen molar-refractivity contribution in [2.45, 2.75) is 6.42 Å². The molecule has 0 radical (unpaired) electrons. The number of anilines is 1. The molecule has 1 N–H and O–H groups in total. The molecule has 27 heavy (non-hydrogen) atoms. The Morgan fingerprint density at radius 3 is 2.26 bits per heavy atom. The summed E-state index contributed by atoms with van der Waals surface area (Å²) in [7, 11) is 0. The zero-order valence-corrected chi connectivity index (χ0v) is 15.7. The van der Waals surface area contributed by atoms with Gasteiger partial charge in [0.2, 0.25) is 0 Å². The first kappa shape index (κ1) is 19.6. The molecule has 0 saturated carbocycles. The van der Waals surface area contributed by atoms with E-state index in [4.69, 9.17) is 11.6 Å². The molecule has 1 amide bonds. The maximum Gasteiger partial charge on any atom is 0.257 e. The second-order valence-corrected chi connectivity index (χ2v) is 6.95. The lowest BCUT2D eigenvalue weighted by atomic mass is 10.2. The van der Waals surface area contributed by atoms with E-state index in [1.54, 1.807) is 0 Å². The molecule has 0 aromatic heterocycles. The molecule has 3 rings (SSSR count). The average Bonchev–Trinajstić information content (AvgIpc) is 2.66. The highest BCUT2D eigenvalue weighted by Crippen LogP contribution is 2.19. The Morgan fingerprint density at radius 1 is 1.00 bits per heavy atom. The van der Waals surface area contributed by atoms with Gasteiger partial charge in [0.25, 0.3) is 5.91 Å². The van der Waals surface area contributed by atoms with Crippen molar-refractivity contribution >= 4 is 23.2 Å². The summed E-state index contributed by atoms with van der Waals surface area (Å²) >= 11 is 5.93. The predicted octanol–water partition coefficient (Wildman–Crippen LogP) is 3.56. The van der Waals surface area contributed by atoms with E-state index in [1.165, 1.54) is 11.8 Å². The predicted molar refractivity (Wildman–Crippen MR) is 103 cm³/mol. The van der Waals surface area contributed by atoms with Crippen LogP contribution in [0.1, 0.15) is 16.8 Å². The van der Waals surface area contributed by atoms with Gasteiger partial charge in [-0.15, -0.1) is 0 Å². The van der Waals surface area contributed by atoms with Gasteiger partial charge in [0.05, 0.1) is 0 Å². The fraction of sp³-hybridized carbons (Fsp3) is 0.350. The molecule has 2 aromatic rings. The molecule has 0 atom stereocenters. The summed E-state index contributed by atoms with van der Waals surface area (Å²) in [6.45, 7) is 4.92.